The van der Waals surface area contributed by atoms with Crippen molar-refractivity contribution < 1.29 is 9.59 Å². The van der Waals surface area contributed by atoms with E-state index in [1.54, 1.807) is 18.2 Å². The number of carbonyl (C=O) groups is 2. The number of ketones is 2. The predicted octanol–water partition coefficient (Wildman–Crippen LogP) is 4.04. The van der Waals surface area contributed by atoms with Crippen LogP contribution >= 0.6 is 27.5 Å². The minimum Gasteiger partial charge on any atom is -0.300 e. The molecule has 0 aromatic heterocycles. The van der Waals surface area contributed by atoms with E-state index in [0.29, 0.717) is 23.4 Å². The fourth-order valence-electron chi connectivity index (χ4n) is 2.16. The van der Waals surface area contributed by atoms with Gasteiger partial charge in [0.15, 0.2) is 5.78 Å². The maximum absolute atomic E-state index is 12.2. The highest BCUT2D eigenvalue weighted by Gasteiger charge is 2.27. The van der Waals surface area contributed by atoms with Crippen molar-refractivity contribution in [3.63, 3.8) is 0 Å². The predicted molar refractivity (Wildman–Crippen MR) is 70.4 cm³/mol. The minimum atomic E-state index is -0.185. The zero-order valence-corrected chi connectivity index (χ0v) is 11.6. The summed E-state index contributed by atoms with van der Waals surface area (Å²) < 4.78 is 0.846. The van der Waals surface area contributed by atoms with Gasteiger partial charge in [0.1, 0.15) is 5.78 Å². The Hall–Kier alpha value is -0.670. The maximum Gasteiger partial charge on any atom is 0.167 e. The SMILES string of the molecule is O=C1CCCC(C(=O)c2ccc(Br)cc2Cl)C1. The topological polar surface area (TPSA) is 34.1 Å². The molecule has 0 amide bonds. The summed E-state index contributed by atoms with van der Waals surface area (Å²) in [6.07, 6.45) is 2.57. The lowest BCUT2D eigenvalue weighted by Gasteiger charge is -2.20. The lowest BCUT2D eigenvalue weighted by atomic mass is 9.83. The first kappa shape index (κ1) is 12.8. The van der Waals surface area contributed by atoms with Gasteiger partial charge in [0.05, 0.1) is 5.02 Å². The van der Waals surface area contributed by atoms with E-state index in [2.05, 4.69) is 15.9 Å². The first-order chi connectivity index (χ1) is 8.08. The Kier molecular flexibility index (Phi) is 4.00. The van der Waals surface area contributed by atoms with E-state index in [0.717, 1.165) is 17.3 Å². The van der Waals surface area contributed by atoms with Crippen molar-refractivity contribution in [2.24, 2.45) is 5.92 Å². The monoisotopic (exact) mass is 314 g/mol. The lowest BCUT2D eigenvalue weighted by Crippen LogP contribution is -2.23. The summed E-state index contributed by atoms with van der Waals surface area (Å²) in [5, 5.41) is 0.447. The van der Waals surface area contributed by atoms with Crippen LogP contribution in [0.15, 0.2) is 22.7 Å². The van der Waals surface area contributed by atoms with E-state index in [4.69, 9.17) is 11.6 Å². The third-order valence-corrected chi connectivity index (χ3v) is 3.86. The number of hydrogen-bond donors (Lipinski definition) is 0. The van der Waals surface area contributed by atoms with Gasteiger partial charge in [0.2, 0.25) is 0 Å². The summed E-state index contributed by atoms with van der Waals surface area (Å²) in [6.45, 7) is 0. The summed E-state index contributed by atoms with van der Waals surface area (Å²) in [5.41, 5.74) is 0.523. The summed E-state index contributed by atoms with van der Waals surface area (Å²) in [7, 11) is 0. The Morgan fingerprint density at radius 1 is 1.41 bits per heavy atom. The van der Waals surface area contributed by atoms with E-state index < -0.39 is 0 Å². The number of carbonyl (C=O) groups excluding carboxylic acids is 2. The van der Waals surface area contributed by atoms with Crippen LogP contribution in [0.4, 0.5) is 0 Å². The number of benzene rings is 1. The molecule has 1 unspecified atom stereocenters. The molecule has 0 N–H and O–H groups in total. The first-order valence-corrected chi connectivity index (χ1v) is 6.76. The Morgan fingerprint density at radius 2 is 2.18 bits per heavy atom. The standard InChI is InChI=1S/C13H12BrClO2/c14-9-4-5-11(12(15)7-9)13(17)8-2-1-3-10(16)6-8/h4-5,7-8H,1-3,6H2. The minimum absolute atomic E-state index is 0.00412. The Labute approximate surface area is 113 Å². The highest BCUT2D eigenvalue weighted by Crippen LogP contribution is 2.29. The van der Waals surface area contributed by atoms with Crippen molar-refractivity contribution in [1.29, 1.82) is 0 Å². The molecule has 1 aliphatic carbocycles. The van der Waals surface area contributed by atoms with Crippen molar-refractivity contribution in [3.05, 3.63) is 33.3 Å². The fourth-order valence-corrected chi connectivity index (χ4v) is 2.92. The second-order valence-electron chi connectivity index (χ2n) is 4.32. The molecule has 0 saturated heterocycles. The maximum atomic E-state index is 12.2. The molecule has 1 aromatic carbocycles. The molecule has 0 radical (unpaired) electrons. The highest BCUT2D eigenvalue weighted by atomic mass is 79.9. The molecule has 2 rings (SSSR count). The van der Waals surface area contributed by atoms with Gasteiger partial charge in [-0.3, -0.25) is 9.59 Å². The summed E-state index contributed by atoms with van der Waals surface area (Å²) in [5.74, 6) is -0.00619. The quantitative estimate of drug-likeness (QED) is 0.772. The number of Topliss-reactive ketones (excluding diaryl/α,β-unsaturated/α-hetero) is 2. The van der Waals surface area contributed by atoms with E-state index in [-0.39, 0.29) is 17.5 Å². The number of halogens is 2. The third-order valence-electron chi connectivity index (χ3n) is 3.05. The van der Waals surface area contributed by atoms with Crippen LogP contribution in [0.5, 0.6) is 0 Å². The van der Waals surface area contributed by atoms with Crippen molar-refractivity contribution >= 4 is 39.1 Å². The largest absolute Gasteiger partial charge is 0.300 e. The van der Waals surface area contributed by atoms with E-state index in [1.807, 2.05) is 0 Å². The van der Waals surface area contributed by atoms with Crippen LogP contribution in [0.1, 0.15) is 36.0 Å². The summed E-state index contributed by atoms with van der Waals surface area (Å²) in [4.78, 5) is 23.6. The molecule has 0 aliphatic heterocycles. The molecule has 0 heterocycles. The van der Waals surface area contributed by atoms with Gasteiger partial charge in [-0.15, -0.1) is 0 Å². The third kappa shape index (κ3) is 2.96. The van der Waals surface area contributed by atoms with E-state index in [9.17, 15) is 9.59 Å². The van der Waals surface area contributed by atoms with E-state index in [1.165, 1.54) is 0 Å². The van der Waals surface area contributed by atoms with Gasteiger partial charge in [-0.25, -0.2) is 0 Å². The molecule has 1 aliphatic rings. The lowest BCUT2D eigenvalue weighted by molar-refractivity contribution is -0.121. The van der Waals surface area contributed by atoms with Gasteiger partial charge >= 0.3 is 0 Å². The average Bonchev–Trinajstić information content (AvgIpc) is 2.28. The molecule has 4 heteroatoms. The average molecular weight is 316 g/mol. The molecule has 2 nitrogen and oxygen atoms in total. The number of hydrogen-bond acceptors (Lipinski definition) is 2. The molecule has 17 heavy (non-hydrogen) atoms. The van der Waals surface area contributed by atoms with Crippen LogP contribution in [-0.4, -0.2) is 11.6 Å². The summed E-state index contributed by atoms with van der Waals surface area (Å²) >= 11 is 9.35. The van der Waals surface area contributed by atoms with Gasteiger partial charge in [0, 0.05) is 28.8 Å². The highest BCUT2D eigenvalue weighted by molar-refractivity contribution is 9.10. The van der Waals surface area contributed by atoms with Crippen molar-refractivity contribution in [3.8, 4) is 0 Å². The number of rotatable bonds is 2. The molecule has 0 spiro atoms. The molecular weight excluding hydrogens is 303 g/mol. The van der Waals surface area contributed by atoms with Crippen molar-refractivity contribution in [1.82, 2.24) is 0 Å². The molecule has 1 saturated carbocycles. The fraction of sp³-hybridized carbons (Fsp3) is 0.385. The van der Waals surface area contributed by atoms with Crippen LogP contribution < -0.4 is 0 Å². The second-order valence-corrected chi connectivity index (χ2v) is 5.64. The molecule has 1 fully saturated rings. The molecule has 1 atom stereocenters. The molecule has 90 valence electrons. The zero-order chi connectivity index (χ0) is 12.4. The van der Waals surface area contributed by atoms with Crippen LogP contribution in [0, 0.1) is 5.92 Å². The van der Waals surface area contributed by atoms with E-state index >= 15 is 0 Å². The molecular formula is C13H12BrClO2. The Balaban J connectivity index is 2.21. The van der Waals surface area contributed by atoms with Gasteiger partial charge in [0.25, 0.3) is 0 Å². The van der Waals surface area contributed by atoms with Crippen LogP contribution in [-0.2, 0) is 4.79 Å². The van der Waals surface area contributed by atoms with Crippen LogP contribution in [0.2, 0.25) is 5.02 Å². The molecule has 1 aromatic rings. The summed E-state index contributed by atoms with van der Waals surface area (Å²) in [6, 6.07) is 5.22. The van der Waals surface area contributed by atoms with Crippen LogP contribution in [0.3, 0.4) is 0 Å². The Bertz CT molecular complexity index is 470. The second kappa shape index (κ2) is 5.32. The van der Waals surface area contributed by atoms with Gasteiger partial charge in [-0.05, 0) is 31.0 Å². The van der Waals surface area contributed by atoms with Gasteiger partial charge in [-0.2, -0.15) is 0 Å². The van der Waals surface area contributed by atoms with Gasteiger partial charge < -0.3 is 0 Å². The van der Waals surface area contributed by atoms with Crippen LogP contribution in [0.25, 0.3) is 0 Å². The Morgan fingerprint density at radius 3 is 2.82 bits per heavy atom. The van der Waals surface area contributed by atoms with Gasteiger partial charge in [-0.1, -0.05) is 27.5 Å². The smallest absolute Gasteiger partial charge is 0.167 e. The first-order valence-electron chi connectivity index (χ1n) is 5.59. The van der Waals surface area contributed by atoms with Crippen molar-refractivity contribution in [2.75, 3.05) is 0 Å². The molecule has 0 bridgehead atoms. The van der Waals surface area contributed by atoms with Crippen molar-refractivity contribution in [2.45, 2.75) is 25.7 Å². The normalized spacial score (nSPS) is 20.4. The zero-order valence-electron chi connectivity index (χ0n) is 9.21.